The van der Waals surface area contributed by atoms with E-state index in [9.17, 15) is 4.39 Å². The molecule has 1 aromatic heterocycles. The van der Waals surface area contributed by atoms with E-state index in [1.54, 1.807) is 12.1 Å². The predicted octanol–water partition coefficient (Wildman–Crippen LogP) is 4.52. The van der Waals surface area contributed by atoms with Gasteiger partial charge in [-0.05, 0) is 68.3 Å². The van der Waals surface area contributed by atoms with E-state index in [1.807, 2.05) is 6.07 Å². The summed E-state index contributed by atoms with van der Waals surface area (Å²) in [7, 11) is 0. The van der Waals surface area contributed by atoms with Gasteiger partial charge in [-0.1, -0.05) is 15.9 Å². The molecule has 2 aliphatic heterocycles. The summed E-state index contributed by atoms with van der Waals surface area (Å²) in [5, 5.41) is 0. The van der Waals surface area contributed by atoms with Crippen molar-refractivity contribution in [3.63, 3.8) is 0 Å². The van der Waals surface area contributed by atoms with E-state index in [-0.39, 0.29) is 11.2 Å². The molecule has 2 aromatic rings. The molecule has 3 nitrogen and oxygen atoms in total. The van der Waals surface area contributed by atoms with Gasteiger partial charge >= 0.3 is 0 Å². The molecule has 1 aromatic carbocycles. The molecule has 1 N–H and O–H groups in total. The Bertz CT molecular complexity index is 899. The molecule has 1 saturated heterocycles. The SMILES string of the molecule is Fc1ccc(Br)cc1[C@]12C[C@H]1c1c(CCN3CCCC3)[nH]c(=S)n1C2. The molecule has 0 unspecified atom stereocenters. The number of H-pyrrole nitrogens is 1. The molecule has 3 heterocycles. The highest BCUT2D eigenvalue weighted by atomic mass is 79.9. The van der Waals surface area contributed by atoms with Crippen LogP contribution in [0.4, 0.5) is 4.39 Å². The van der Waals surface area contributed by atoms with Crippen LogP contribution in [0.3, 0.4) is 0 Å². The van der Waals surface area contributed by atoms with Crippen molar-refractivity contribution in [1.29, 1.82) is 0 Å². The van der Waals surface area contributed by atoms with Crippen LogP contribution in [0.15, 0.2) is 22.7 Å². The Hall–Kier alpha value is -0.980. The van der Waals surface area contributed by atoms with Gasteiger partial charge in [-0.15, -0.1) is 0 Å². The minimum atomic E-state index is -0.0926. The van der Waals surface area contributed by atoms with Crippen molar-refractivity contribution in [2.45, 2.75) is 43.6 Å². The second-order valence-electron chi connectivity index (χ2n) is 7.72. The highest BCUT2D eigenvalue weighted by Crippen LogP contribution is 2.66. The van der Waals surface area contributed by atoms with Crippen LogP contribution >= 0.6 is 28.1 Å². The molecule has 5 rings (SSSR count). The largest absolute Gasteiger partial charge is 0.334 e. The zero-order valence-corrected chi connectivity index (χ0v) is 16.4. The van der Waals surface area contributed by atoms with Crippen LogP contribution in [0.2, 0.25) is 0 Å². The lowest BCUT2D eigenvalue weighted by Crippen LogP contribution is -2.22. The Kier molecular flexibility index (Phi) is 3.74. The number of imidazole rings is 1. The summed E-state index contributed by atoms with van der Waals surface area (Å²) in [4.78, 5) is 5.97. The zero-order valence-electron chi connectivity index (χ0n) is 14.0. The number of nitrogens with one attached hydrogen (secondary N) is 1. The number of fused-ring (bicyclic) bond motifs is 3. The fourth-order valence-electron chi connectivity index (χ4n) is 4.94. The van der Waals surface area contributed by atoms with Gasteiger partial charge in [0.15, 0.2) is 4.77 Å². The number of aromatic amines is 1. The molecule has 1 aliphatic carbocycles. The van der Waals surface area contributed by atoms with Crippen molar-refractivity contribution in [2.24, 2.45) is 0 Å². The molecule has 0 radical (unpaired) electrons. The van der Waals surface area contributed by atoms with Gasteiger partial charge in [0.2, 0.25) is 0 Å². The van der Waals surface area contributed by atoms with Crippen molar-refractivity contribution in [2.75, 3.05) is 19.6 Å². The molecular weight excluding hydrogens is 401 g/mol. The van der Waals surface area contributed by atoms with Gasteiger partial charge < -0.3 is 14.5 Å². The van der Waals surface area contributed by atoms with Crippen molar-refractivity contribution in [3.05, 3.63) is 50.2 Å². The summed E-state index contributed by atoms with van der Waals surface area (Å²) in [5.41, 5.74) is 3.37. The predicted molar refractivity (Wildman–Crippen MR) is 102 cm³/mol. The van der Waals surface area contributed by atoms with E-state index in [0.717, 1.165) is 40.7 Å². The van der Waals surface area contributed by atoms with E-state index in [4.69, 9.17) is 12.2 Å². The van der Waals surface area contributed by atoms with Crippen LogP contribution < -0.4 is 0 Å². The van der Waals surface area contributed by atoms with Crippen LogP contribution in [0.5, 0.6) is 0 Å². The quantitative estimate of drug-likeness (QED) is 0.733. The maximum atomic E-state index is 14.5. The minimum absolute atomic E-state index is 0.0890. The number of hydrogen-bond acceptors (Lipinski definition) is 2. The van der Waals surface area contributed by atoms with Gasteiger partial charge in [-0.3, -0.25) is 0 Å². The molecule has 2 atom stereocenters. The second-order valence-corrected chi connectivity index (χ2v) is 9.02. The van der Waals surface area contributed by atoms with Crippen LogP contribution in [0, 0.1) is 10.6 Å². The van der Waals surface area contributed by atoms with Crippen LogP contribution in [0.25, 0.3) is 0 Å². The molecule has 0 amide bonds. The normalized spacial score (nSPS) is 27.5. The van der Waals surface area contributed by atoms with Gasteiger partial charge in [-0.25, -0.2) is 4.39 Å². The fraction of sp³-hybridized carbons (Fsp3) is 0.526. The monoisotopic (exact) mass is 421 g/mol. The first-order chi connectivity index (χ1) is 12.1. The molecule has 3 aliphatic rings. The molecule has 132 valence electrons. The molecule has 2 fully saturated rings. The van der Waals surface area contributed by atoms with Crippen molar-refractivity contribution in [1.82, 2.24) is 14.5 Å². The van der Waals surface area contributed by atoms with Gasteiger partial charge in [0.25, 0.3) is 0 Å². The van der Waals surface area contributed by atoms with Crippen molar-refractivity contribution >= 4 is 28.1 Å². The maximum Gasteiger partial charge on any atom is 0.177 e. The van der Waals surface area contributed by atoms with E-state index < -0.39 is 0 Å². The van der Waals surface area contributed by atoms with Gasteiger partial charge in [0.05, 0.1) is 0 Å². The summed E-state index contributed by atoms with van der Waals surface area (Å²) in [6.45, 7) is 4.33. The molecule has 1 saturated carbocycles. The summed E-state index contributed by atoms with van der Waals surface area (Å²) < 4.78 is 18.5. The van der Waals surface area contributed by atoms with Crippen LogP contribution in [0.1, 0.15) is 42.1 Å². The lowest BCUT2D eigenvalue weighted by molar-refractivity contribution is 0.342. The smallest absolute Gasteiger partial charge is 0.177 e. The summed E-state index contributed by atoms with van der Waals surface area (Å²) in [6, 6.07) is 5.31. The summed E-state index contributed by atoms with van der Waals surface area (Å²) in [5.74, 6) is 0.308. The Morgan fingerprint density at radius 3 is 2.92 bits per heavy atom. The first kappa shape index (κ1) is 16.2. The number of aromatic nitrogens is 2. The molecular formula is C19H21BrFN3S. The van der Waals surface area contributed by atoms with E-state index in [0.29, 0.717) is 5.92 Å². The molecule has 0 spiro atoms. The van der Waals surface area contributed by atoms with Gasteiger partial charge in [-0.2, -0.15) is 0 Å². The average molecular weight is 422 g/mol. The third kappa shape index (κ3) is 2.48. The van der Waals surface area contributed by atoms with Crippen LogP contribution in [-0.4, -0.2) is 34.1 Å². The maximum absolute atomic E-state index is 14.5. The topological polar surface area (TPSA) is 24.0 Å². The Morgan fingerprint density at radius 1 is 1.32 bits per heavy atom. The van der Waals surface area contributed by atoms with Gasteiger partial charge in [0, 0.05) is 46.7 Å². The third-order valence-electron chi connectivity index (χ3n) is 6.29. The summed E-state index contributed by atoms with van der Waals surface area (Å²) in [6.07, 6.45) is 4.68. The number of likely N-dealkylation sites (tertiary alicyclic amines) is 1. The number of halogens is 2. The standard InChI is InChI=1S/C19H21BrFN3S/c20-12-3-4-15(21)13(9-12)19-10-14(19)17-16(22-18(25)24(17)11-19)5-8-23-6-1-2-7-23/h3-4,9,14H,1-2,5-8,10-11H2,(H,22,25)/t14-,19+/m0/s1. The number of rotatable bonds is 4. The van der Waals surface area contributed by atoms with E-state index in [1.165, 1.54) is 37.3 Å². The second kappa shape index (κ2) is 5.76. The Balaban J connectivity index is 1.45. The third-order valence-corrected chi connectivity index (χ3v) is 7.11. The first-order valence-corrected chi connectivity index (χ1v) is 10.3. The van der Waals surface area contributed by atoms with Gasteiger partial charge in [0.1, 0.15) is 5.82 Å². The lowest BCUT2D eigenvalue weighted by atomic mass is 9.93. The molecule has 25 heavy (non-hydrogen) atoms. The van der Waals surface area contributed by atoms with Crippen LogP contribution in [-0.2, 0) is 18.4 Å². The molecule has 0 bridgehead atoms. The lowest BCUT2D eigenvalue weighted by Gasteiger charge is -2.14. The molecule has 6 heteroatoms. The van der Waals surface area contributed by atoms with Crippen molar-refractivity contribution in [3.8, 4) is 0 Å². The van der Waals surface area contributed by atoms with E-state index in [2.05, 4.69) is 30.4 Å². The minimum Gasteiger partial charge on any atom is -0.334 e. The number of benzene rings is 1. The Morgan fingerprint density at radius 2 is 2.12 bits per heavy atom. The zero-order chi connectivity index (χ0) is 17.2. The number of hydrogen-bond donors (Lipinski definition) is 1. The number of nitrogens with zero attached hydrogens (tertiary/aromatic N) is 2. The Labute approximate surface area is 160 Å². The first-order valence-electron chi connectivity index (χ1n) is 9.08. The fourth-order valence-corrected chi connectivity index (χ4v) is 5.58. The van der Waals surface area contributed by atoms with E-state index >= 15 is 0 Å². The average Bonchev–Trinajstić information content (AvgIpc) is 2.96. The highest BCUT2D eigenvalue weighted by Gasteiger charge is 2.63. The van der Waals surface area contributed by atoms with Crippen molar-refractivity contribution < 1.29 is 4.39 Å². The highest BCUT2D eigenvalue weighted by molar-refractivity contribution is 9.10. The summed E-state index contributed by atoms with van der Waals surface area (Å²) >= 11 is 9.07.